The number of rotatable bonds is 0. The number of anilines is 2. The second kappa shape index (κ2) is 3.14. The van der Waals surface area contributed by atoms with Gasteiger partial charge in [-0.1, -0.05) is 24.3 Å². The average molecular weight is 208 g/mol. The summed E-state index contributed by atoms with van der Waals surface area (Å²) in [6, 6.07) is 16.4. The van der Waals surface area contributed by atoms with Gasteiger partial charge in [0.1, 0.15) is 0 Å². The third-order valence-corrected chi connectivity index (χ3v) is 2.91. The van der Waals surface area contributed by atoms with Crippen molar-refractivity contribution in [2.45, 2.75) is 0 Å². The fourth-order valence-corrected chi connectivity index (χ4v) is 2.03. The maximum atomic E-state index is 5.80. The Morgan fingerprint density at radius 2 is 1.00 bits per heavy atom. The van der Waals surface area contributed by atoms with Gasteiger partial charge in [0.25, 0.3) is 0 Å². The maximum Gasteiger partial charge on any atom is 0.0554 e. The van der Waals surface area contributed by atoms with E-state index >= 15 is 0 Å². The first kappa shape index (κ1) is 9.04. The van der Waals surface area contributed by atoms with Crippen molar-refractivity contribution >= 4 is 32.9 Å². The van der Waals surface area contributed by atoms with Gasteiger partial charge < -0.3 is 11.5 Å². The monoisotopic (exact) mass is 208 g/mol. The maximum absolute atomic E-state index is 5.80. The van der Waals surface area contributed by atoms with Gasteiger partial charge in [0.05, 0.1) is 11.4 Å². The number of nitrogen functional groups attached to an aromatic ring is 2. The summed E-state index contributed by atoms with van der Waals surface area (Å²) in [6.45, 7) is 0. The van der Waals surface area contributed by atoms with Crippen molar-refractivity contribution in [3.05, 3.63) is 48.5 Å². The summed E-state index contributed by atoms with van der Waals surface area (Å²) in [6.07, 6.45) is 0. The van der Waals surface area contributed by atoms with Crippen LogP contribution in [0.2, 0.25) is 0 Å². The van der Waals surface area contributed by atoms with Gasteiger partial charge in [-0.15, -0.1) is 0 Å². The first-order chi connectivity index (χ1) is 7.74. The molecule has 2 nitrogen and oxygen atoms in total. The first-order valence-electron chi connectivity index (χ1n) is 5.21. The third-order valence-electron chi connectivity index (χ3n) is 2.91. The van der Waals surface area contributed by atoms with Crippen molar-refractivity contribution in [1.29, 1.82) is 0 Å². The predicted molar refractivity (Wildman–Crippen MR) is 70.3 cm³/mol. The lowest BCUT2D eigenvalue weighted by molar-refractivity contribution is 1.72. The molecule has 2 heteroatoms. The molecule has 3 rings (SSSR count). The molecular formula is C14H12N2. The van der Waals surface area contributed by atoms with Crippen molar-refractivity contribution < 1.29 is 0 Å². The number of hydrogen-bond acceptors (Lipinski definition) is 2. The summed E-state index contributed by atoms with van der Waals surface area (Å²) in [5.74, 6) is 0. The lowest BCUT2D eigenvalue weighted by Crippen LogP contribution is -1.93. The molecule has 4 N–H and O–H groups in total. The van der Waals surface area contributed by atoms with Crippen LogP contribution in [0, 0.1) is 0 Å². The third kappa shape index (κ3) is 1.27. The molecule has 0 heterocycles. The van der Waals surface area contributed by atoms with Gasteiger partial charge in [-0.3, -0.25) is 0 Å². The van der Waals surface area contributed by atoms with E-state index < -0.39 is 0 Å². The Morgan fingerprint density at radius 1 is 0.562 bits per heavy atom. The molecule has 0 aliphatic rings. The minimum atomic E-state index is 0.641. The van der Waals surface area contributed by atoms with Gasteiger partial charge >= 0.3 is 0 Å². The Labute approximate surface area is 93.5 Å². The summed E-state index contributed by atoms with van der Waals surface area (Å²) >= 11 is 0. The summed E-state index contributed by atoms with van der Waals surface area (Å²) in [5.41, 5.74) is 12.9. The first-order valence-corrected chi connectivity index (χ1v) is 5.21. The van der Waals surface area contributed by atoms with E-state index in [9.17, 15) is 0 Å². The lowest BCUT2D eigenvalue weighted by atomic mass is 10.0. The highest BCUT2D eigenvalue weighted by Gasteiger charge is 2.01. The molecule has 78 valence electrons. The van der Waals surface area contributed by atoms with Crippen LogP contribution in [0.15, 0.2) is 48.5 Å². The quantitative estimate of drug-likeness (QED) is 0.440. The van der Waals surface area contributed by atoms with E-state index in [0.717, 1.165) is 10.8 Å². The summed E-state index contributed by atoms with van der Waals surface area (Å²) < 4.78 is 0. The van der Waals surface area contributed by atoms with E-state index in [1.807, 2.05) is 24.3 Å². The predicted octanol–water partition coefficient (Wildman–Crippen LogP) is 3.16. The van der Waals surface area contributed by atoms with Crippen LogP contribution in [0.25, 0.3) is 21.5 Å². The smallest absolute Gasteiger partial charge is 0.0554 e. The molecule has 0 aromatic heterocycles. The van der Waals surface area contributed by atoms with Crippen molar-refractivity contribution in [2.75, 3.05) is 11.5 Å². The molecule has 3 aromatic rings. The summed E-state index contributed by atoms with van der Waals surface area (Å²) in [4.78, 5) is 0. The van der Waals surface area contributed by atoms with Crippen molar-refractivity contribution in [3.63, 3.8) is 0 Å². The highest BCUT2D eigenvalue weighted by Crippen LogP contribution is 2.27. The van der Waals surface area contributed by atoms with Gasteiger partial charge in [-0.05, 0) is 45.8 Å². The van der Waals surface area contributed by atoms with E-state index in [1.165, 1.54) is 10.8 Å². The Kier molecular flexibility index (Phi) is 1.77. The van der Waals surface area contributed by atoms with E-state index in [0.29, 0.717) is 11.4 Å². The Bertz CT molecular complexity index is 627. The molecule has 0 bridgehead atoms. The minimum absolute atomic E-state index is 0.641. The average Bonchev–Trinajstić information content (AvgIpc) is 2.28. The molecule has 0 saturated carbocycles. The fourth-order valence-electron chi connectivity index (χ4n) is 2.03. The molecule has 0 aliphatic heterocycles. The van der Waals surface area contributed by atoms with E-state index in [-0.39, 0.29) is 0 Å². The molecule has 0 spiro atoms. The van der Waals surface area contributed by atoms with Crippen LogP contribution in [0.1, 0.15) is 0 Å². The van der Waals surface area contributed by atoms with Crippen LogP contribution in [-0.4, -0.2) is 0 Å². The van der Waals surface area contributed by atoms with Gasteiger partial charge in [-0.2, -0.15) is 0 Å². The number of fused-ring (bicyclic) bond motifs is 2. The van der Waals surface area contributed by atoms with E-state index in [1.54, 1.807) is 0 Å². The second-order valence-electron chi connectivity index (χ2n) is 4.03. The highest BCUT2D eigenvalue weighted by atomic mass is 14.7. The number of hydrogen-bond donors (Lipinski definition) is 2. The normalized spacial score (nSPS) is 11.0. The van der Waals surface area contributed by atoms with Crippen LogP contribution in [0.3, 0.4) is 0 Å². The molecule has 0 aliphatic carbocycles. The fraction of sp³-hybridized carbons (Fsp3) is 0. The van der Waals surface area contributed by atoms with Crippen LogP contribution in [0.4, 0.5) is 11.4 Å². The second-order valence-corrected chi connectivity index (χ2v) is 4.03. The molecule has 16 heavy (non-hydrogen) atoms. The Morgan fingerprint density at radius 3 is 1.44 bits per heavy atom. The van der Waals surface area contributed by atoms with Gasteiger partial charge in [0, 0.05) is 0 Å². The van der Waals surface area contributed by atoms with Gasteiger partial charge in [0.15, 0.2) is 0 Å². The molecule has 0 amide bonds. The Hall–Kier alpha value is -2.22. The molecule has 0 atom stereocenters. The van der Waals surface area contributed by atoms with Crippen molar-refractivity contribution in [2.24, 2.45) is 0 Å². The molecular weight excluding hydrogens is 196 g/mol. The van der Waals surface area contributed by atoms with Crippen LogP contribution in [-0.2, 0) is 0 Å². The number of benzene rings is 3. The molecule has 0 radical (unpaired) electrons. The number of nitrogens with two attached hydrogens (primary N) is 2. The molecule has 0 unspecified atom stereocenters. The minimum Gasteiger partial charge on any atom is -0.397 e. The SMILES string of the molecule is Nc1cc2cc3ccccc3cc2cc1N. The largest absolute Gasteiger partial charge is 0.397 e. The zero-order chi connectivity index (χ0) is 11.1. The van der Waals surface area contributed by atoms with Crippen LogP contribution >= 0.6 is 0 Å². The highest BCUT2D eigenvalue weighted by molar-refractivity contribution is 6.01. The van der Waals surface area contributed by atoms with E-state index in [4.69, 9.17) is 11.5 Å². The van der Waals surface area contributed by atoms with Gasteiger partial charge in [0.2, 0.25) is 0 Å². The Balaban J connectivity index is 2.46. The summed E-state index contributed by atoms with van der Waals surface area (Å²) in [5, 5.41) is 4.70. The van der Waals surface area contributed by atoms with Crippen LogP contribution in [0.5, 0.6) is 0 Å². The molecule has 0 saturated heterocycles. The van der Waals surface area contributed by atoms with E-state index in [2.05, 4.69) is 24.3 Å². The molecule has 3 aromatic carbocycles. The van der Waals surface area contributed by atoms with Crippen molar-refractivity contribution in [3.8, 4) is 0 Å². The molecule has 0 fully saturated rings. The van der Waals surface area contributed by atoms with Gasteiger partial charge in [-0.25, -0.2) is 0 Å². The summed E-state index contributed by atoms with van der Waals surface area (Å²) in [7, 11) is 0. The van der Waals surface area contributed by atoms with Crippen LogP contribution < -0.4 is 11.5 Å². The standard InChI is InChI=1S/C14H12N2/c15-13-7-11-5-9-3-1-2-4-10(9)6-12(11)8-14(13)16/h1-8H,15-16H2. The lowest BCUT2D eigenvalue weighted by Gasteiger charge is -2.05. The topological polar surface area (TPSA) is 52.0 Å². The zero-order valence-electron chi connectivity index (χ0n) is 8.77. The zero-order valence-corrected chi connectivity index (χ0v) is 8.77. The van der Waals surface area contributed by atoms with Crippen molar-refractivity contribution in [1.82, 2.24) is 0 Å².